The number of ether oxygens (including phenoxy) is 2. The first-order chi connectivity index (χ1) is 17.8. The Morgan fingerprint density at radius 1 is 0.946 bits per heavy atom. The van der Waals surface area contributed by atoms with Crippen LogP contribution in [0.15, 0.2) is 66.9 Å². The van der Waals surface area contributed by atoms with Gasteiger partial charge in [0.1, 0.15) is 11.5 Å². The highest BCUT2D eigenvalue weighted by Gasteiger charge is 2.42. The molecular weight excluding hydrogens is 527 g/mol. The molecule has 9 heteroatoms. The molecule has 0 spiro atoms. The maximum absolute atomic E-state index is 6.53. The molecule has 0 unspecified atom stereocenters. The lowest BCUT2D eigenvalue weighted by Crippen LogP contribution is -2.29. The summed E-state index contributed by atoms with van der Waals surface area (Å²) < 4.78 is 13.2. The average molecular weight is 554 g/mol. The molecule has 1 saturated heterocycles. The Hall–Kier alpha value is -3.26. The number of benzene rings is 2. The average Bonchev–Trinajstić information content (AvgIpc) is 3.39. The fourth-order valence-corrected chi connectivity index (χ4v) is 5.81. The Balaban J connectivity index is 1.70. The van der Waals surface area contributed by atoms with Gasteiger partial charge in [-0.3, -0.25) is 4.98 Å². The largest absolute Gasteiger partial charge is 0.495 e. The zero-order valence-corrected chi connectivity index (χ0v) is 23.2. The number of thiocarbonyl (C=S) groups is 1. The van der Waals surface area contributed by atoms with Crippen molar-refractivity contribution in [3.63, 3.8) is 0 Å². The highest BCUT2D eigenvalue weighted by molar-refractivity contribution is 7.80. The summed E-state index contributed by atoms with van der Waals surface area (Å²) in [6.07, 6.45) is 1.80. The number of hydrogen-bond donors (Lipinski definition) is 1. The molecule has 3 heterocycles. The van der Waals surface area contributed by atoms with Crippen LogP contribution < -0.4 is 19.7 Å². The van der Waals surface area contributed by atoms with Gasteiger partial charge in [-0.2, -0.15) is 0 Å². The second-order valence-corrected chi connectivity index (χ2v) is 10.0. The molecule has 2 aromatic carbocycles. The number of aromatic nitrogens is 2. The van der Waals surface area contributed by atoms with Crippen LogP contribution in [0.25, 0.3) is 5.69 Å². The quantitative estimate of drug-likeness (QED) is 0.260. The molecule has 6 nitrogen and oxygen atoms in total. The molecule has 2 aromatic heterocycles. The van der Waals surface area contributed by atoms with E-state index in [-0.39, 0.29) is 12.1 Å². The molecular formula is C28H26Cl2N4O2S. The van der Waals surface area contributed by atoms with Crippen LogP contribution in [0.1, 0.15) is 34.7 Å². The summed E-state index contributed by atoms with van der Waals surface area (Å²) in [4.78, 5) is 6.76. The lowest BCUT2D eigenvalue weighted by atomic mass is 9.96. The van der Waals surface area contributed by atoms with Crippen LogP contribution in [0.3, 0.4) is 0 Å². The van der Waals surface area contributed by atoms with E-state index in [2.05, 4.69) is 39.7 Å². The van der Waals surface area contributed by atoms with E-state index in [0.717, 1.165) is 39.8 Å². The minimum atomic E-state index is -0.197. The first kappa shape index (κ1) is 25.4. The van der Waals surface area contributed by atoms with E-state index in [1.807, 2.05) is 54.6 Å². The smallest absolute Gasteiger partial charge is 0.174 e. The Kier molecular flexibility index (Phi) is 7.03. The minimum absolute atomic E-state index is 0.190. The van der Waals surface area contributed by atoms with E-state index in [1.165, 1.54) is 0 Å². The molecule has 1 fully saturated rings. The van der Waals surface area contributed by atoms with Crippen molar-refractivity contribution in [2.75, 3.05) is 19.1 Å². The minimum Gasteiger partial charge on any atom is -0.495 e. The number of nitrogens with one attached hydrogen (secondary N) is 1. The summed E-state index contributed by atoms with van der Waals surface area (Å²) in [5.74, 6) is 1.34. The van der Waals surface area contributed by atoms with Gasteiger partial charge in [0.25, 0.3) is 0 Å². The van der Waals surface area contributed by atoms with Crippen molar-refractivity contribution in [3.8, 4) is 17.2 Å². The van der Waals surface area contributed by atoms with E-state index in [9.17, 15) is 0 Å². The highest BCUT2D eigenvalue weighted by Crippen LogP contribution is 2.45. The van der Waals surface area contributed by atoms with Crippen molar-refractivity contribution in [3.05, 3.63) is 99.6 Å². The van der Waals surface area contributed by atoms with Gasteiger partial charge in [-0.05, 0) is 86.2 Å². The van der Waals surface area contributed by atoms with Gasteiger partial charge in [0.2, 0.25) is 0 Å². The molecule has 0 bridgehead atoms. The molecule has 0 amide bonds. The van der Waals surface area contributed by atoms with Crippen molar-refractivity contribution in [2.24, 2.45) is 0 Å². The van der Waals surface area contributed by atoms with Crippen molar-refractivity contribution >= 4 is 46.2 Å². The molecule has 190 valence electrons. The molecule has 1 aliphatic rings. The number of rotatable bonds is 6. The Morgan fingerprint density at radius 3 is 2.38 bits per heavy atom. The van der Waals surface area contributed by atoms with Crippen LogP contribution in [-0.4, -0.2) is 28.9 Å². The maximum atomic E-state index is 6.53. The third kappa shape index (κ3) is 4.52. The number of hydrogen-bond acceptors (Lipinski definition) is 4. The lowest BCUT2D eigenvalue weighted by molar-refractivity contribution is 0.412. The molecule has 5 rings (SSSR count). The van der Waals surface area contributed by atoms with Gasteiger partial charge < -0.3 is 24.3 Å². The maximum Gasteiger partial charge on any atom is 0.174 e. The summed E-state index contributed by atoms with van der Waals surface area (Å²) in [6, 6.07) is 19.0. The fraction of sp³-hybridized carbons (Fsp3) is 0.214. The molecule has 0 aliphatic carbocycles. The molecule has 37 heavy (non-hydrogen) atoms. The van der Waals surface area contributed by atoms with Gasteiger partial charge in [-0.1, -0.05) is 29.3 Å². The van der Waals surface area contributed by atoms with Gasteiger partial charge in [0.05, 0.1) is 42.7 Å². The Bertz CT molecular complexity index is 1470. The van der Waals surface area contributed by atoms with Gasteiger partial charge in [0.15, 0.2) is 5.11 Å². The molecule has 1 aliphatic heterocycles. The molecule has 0 radical (unpaired) electrons. The second kappa shape index (κ2) is 10.2. The molecule has 1 N–H and O–H groups in total. The number of anilines is 1. The van der Waals surface area contributed by atoms with E-state index >= 15 is 0 Å². The van der Waals surface area contributed by atoms with E-state index < -0.39 is 0 Å². The second-order valence-electron chi connectivity index (χ2n) is 8.79. The van der Waals surface area contributed by atoms with Crippen LogP contribution in [0.4, 0.5) is 5.69 Å². The Labute approximate surface area is 231 Å². The standard InChI is InChI=1S/C28H26Cl2N4O2S/c1-16-13-20(17(2)33(16)23-14-18(29)8-10-25(23)36-4)27-26(22-7-5-6-12-31-22)32-28(37)34(27)19-9-11-24(35-3)21(30)15-19/h5-15,26-27H,1-4H3,(H,32,37)/t26-,27+/m0/s1. The fourth-order valence-electron chi connectivity index (χ4n) is 5.05. The highest BCUT2D eigenvalue weighted by atomic mass is 35.5. The van der Waals surface area contributed by atoms with Crippen molar-refractivity contribution in [1.29, 1.82) is 0 Å². The first-order valence-electron chi connectivity index (χ1n) is 11.7. The lowest BCUT2D eigenvalue weighted by Gasteiger charge is -2.28. The summed E-state index contributed by atoms with van der Waals surface area (Å²) in [5, 5.41) is 5.24. The van der Waals surface area contributed by atoms with Gasteiger partial charge >= 0.3 is 0 Å². The van der Waals surface area contributed by atoms with E-state index in [0.29, 0.717) is 20.9 Å². The topological polar surface area (TPSA) is 51.5 Å². The summed E-state index contributed by atoms with van der Waals surface area (Å²) in [5.41, 5.74) is 5.80. The van der Waals surface area contributed by atoms with Crippen molar-refractivity contribution in [1.82, 2.24) is 14.9 Å². The number of aryl methyl sites for hydroxylation is 1. The van der Waals surface area contributed by atoms with E-state index in [4.69, 9.17) is 44.9 Å². The third-order valence-electron chi connectivity index (χ3n) is 6.68. The van der Waals surface area contributed by atoms with Crippen LogP contribution in [0.5, 0.6) is 11.5 Å². The third-order valence-corrected chi connectivity index (χ3v) is 7.53. The van der Waals surface area contributed by atoms with Crippen LogP contribution >= 0.6 is 35.4 Å². The van der Waals surface area contributed by atoms with Crippen LogP contribution in [-0.2, 0) is 0 Å². The number of nitrogens with zero attached hydrogens (tertiary/aromatic N) is 3. The van der Waals surface area contributed by atoms with Gasteiger partial charge in [-0.15, -0.1) is 0 Å². The summed E-state index contributed by atoms with van der Waals surface area (Å²) in [6.45, 7) is 4.17. The number of methoxy groups -OCH3 is 2. The predicted octanol–water partition coefficient (Wildman–Crippen LogP) is 6.99. The number of halogens is 2. The zero-order valence-electron chi connectivity index (χ0n) is 20.8. The Morgan fingerprint density at radius 2 is 1.70 bits per heavy atom. The number of pyridine rings is 1. The SMILES string of the molecule is COc1ccc(N2C(=S)N[C@@H](c3ccccn3)[C@H]2c2cc(C)n(-c3cc(Cl)ccc3OC)c2C)cc1Cl. The van der Waals surface area contributed by atoms with E-state index in [1.54, 1.807) is 20.4 Å². The summed E-state index contributed by atoms with van der Waals surface area (Å²) in [7, 11) is 3.26. The normalized spacial score (nSPS) is 17.1. The van der Waals surface area contributed by atoms with Crippen molar-refractivity contribution in [2.45, 2.75) is 25.9 Å². The van der Waals surface area contributed by atoms with Gasteiger partial charge in [-0.25, -0.2) is 0 Å². The zero-order chi connectivity index (χ0) is 26.3. The van der Waals surface area contributed by atoms with Crippen molar-refractivity contribution < 1.29 is 9.47 Å². The van der Waals surface area contributed by atoms with Crippen LogP contribution in [0.2, 0.25) is 10.0 Å². The molecule has 2 atom stereocenters. The monoisotopic (exact) mass is 552 g/mol. The molecule has 0 saturated carbocycles. The van der Waals surface area contributed by atoms with Crippen LogP contribution in [0, 0.1) is 13.8 Å². The predicted molar refractivity (Wildman–Crippen MR) is 153 cm³/mol. The summed E-state index contributed by atoms with van der Waals surface area (Å²) >= 11 is 18.8. The first-order valence-corrected chi connectivity index (χ1v) is 12.9. The molecule has 4 aromatic rings. The van der Waals surface area contributed by atoms with Gasteiger partial charge in [0, 0.05) is 28.3 Å².